The highest BCUT2D eigenvalue weighted by atomic mass is 35.5. The van der Waals surface area contributed by atoms with Gasteiger partial charge in [0, 0.05) is 5.02 Å². The maximum absolute atomic E-state index is 13.0. The molecule has 0 unspecified atom stereocenters. The Morgan fingerprint density at radius 3 is 2.06 bits per heavy atom. The first kappa shape index (κ1) is 12.8. The molecule has 0 aliphatic rings. The largest absolute Gasteiger partial charge is 0.474 e. The highest BCUT2D eigenvalue weighted by Gasteiger charge is 2.39. The van der Waals surface area contributed by atoms with Crippen LogP contribution in [0, 0.1) is 0 Å². The molecule has 0 atom stereocenters. The molecule has 0 saturated heterocycles. The summed E-state index contributed by atoms with van der Waals surface area (Å²) < 4.78 is 54.6. The van der Waals surface area contributed by atoms with E-state index in [0.29, 0.717) is 0 Å². The number of halogens is 5. The Labute approximate surface area is 94.3 Å². The van der Waals surface area contributed by atoms with E-state index in [0.717, 1.165) is 19.2 Å². The van der Waals surface area contributed by atoms with Gasteiger partial charge >= 0.3 is 6.18 Å². The van der Waals surface area contributed by atoms with Crippen LogP contribution in [0.15, 0.2) is 30.3 Å². The quantitative estimate of drug-likeness (QED) is 0.568. The number of hydrogen-bond donors (Lipinski definition) is 0. The molecule has 1 aromatic rings. The van der Waals surface area contributed by atoms with E-state index in [4.69, 9.17) is 11.6 Å². The van der Waals surface area contributed by atoms with E-state index in [1.165, 1.54) is 12.1 Å². The van der Waals surface area contributed by atoms with E-state index in [-0.39, 0.29) is 10.6 Å². The molecule has 88 valence electrons. The minimum absolute atomic E-state index is 0.267. The van der Waals surface area contributed by atoms with Crippen LogP contribution in [-0.4, -0.2) is 13.3 Å². The number of benzene rings is 1. The van der Waals surface area contributed by atoms with Gasteiger partial charge in [0.05, 0.1) is 7.11 Å². The highest BCUT2D eigenvalue weighted by Crippen LogP contribution is 2.37. The molecule has 0 N–H and O–H groups in total. The summed E-state index contributed by atoms with van der Waals surface area (Å²) in [6, 6.07) is 2.96. The molecule has 6 heteroatoms. The van der Waals surface area contributed by atoms with Gasteiger partial charge in [-0.2, -0.15) is 17.6 Å². The van der Waals surface area contributed by atoms with E-state index in [2.05, 4.69) is 4.74 Å². The molecule has 0 saturated carbocycles. The van der Waals surface area contributed by atoms with Crippen molar-refractivity contribution in [3.63, 3.8) is 0 Å². The average Bonchev–Trinajstić information content (AvgIpc) is 2.19. The van der Waals surface area contributed by atoms with Crippen LogP contribution in [0.2, 0.25) is 5.02 Å². The van der Waals surface area contributed by atoms with Crippen LogP contribution in [0.4, 0.5) is 17.6 Å². The zero-order valence-corrected chi connectivity index (χ0v) is 8.86. The fraction of sp³-hybridized carbons (Fsp3) is 0.200. The van der Waals surface area contributed by atoms with Crippen LogP contribution in [0.25, 0.3) is 5.57 Å². The maximum Gasteiger partial charge on any atom is 0.422 e. The van der Waals surface area contributed by atoms with Crippen molar-refractivity contribution in [1.82, 2.24) is 0 Å². The van der Waals surface area contributed by atoms with Crippen LogP contribution in [0.5, 0.6) is 0 Å². The molecular formula is C10H7ClF4O. The molecule has 1 nitrogen and oxygen atoms in total. The summed E-state index contributed by atoms with van der Waals surface area (Å²) in [6.45, 7) is 0. The van der Waals surface area contributed by atoms with Gasteiger partial charge in [-0.1, -0.05) is 23.7 Å². The fourth-order valence-corrected chi connectivity index (χ4v) is 1.23. The zero-order valence-electron chi connectivity index (χ0n) is 8.11. The Morgan fingerprint density at radius 2 is 1.69 bits per heavy atom. The Morgan fingerprint density at radius 1 is 1.19 bits per heavy atom. The third-order valence-corrected chi connectivity index (χ3v) is 2.04. The molecule has 1 rings (SSSR count). The van der Waals surface area contributed by atoms with Gasteiger partial charge in [0.15, 0.2) is 0 Å². The SMILES string of the molecule is CO/C(F)=C(/c1ccc(Cl)cc1)C(F)(F)F. The third-order valence-electron chi connectivity index (χ3n) is 1.79. The van der Waals surface area contributed by atoms with Crippen molar-refractivity contribution in [2.45, 2.75) is 6.18 Å². The zero-order chi connectivity index (χ0) is 12.3. The van der Waals surface area contributed by atoms with Crippen LogP contribution in [-0.2, 0) is 4.74 Å². The Bertz CT molecular complexity index is 394. The molecule has 1 aromatic carbocycles. The fourth-order valence-electron chi connectivity index (χ4n) is 1.11. The molecule has 0 heterocycles. The van der Waals surface area contributed by atoms with Crippen molar-refractivity contribution < 1.29 is 22.3 Å². The lowest BCUT2D eigenvalue weighted by Crippen LogP contribution is -2.13. The van der Waals surface area contributed by atoms with Crippen molar-refractivity contribution in [2.75, 3.05) is 7.11 Å². The second-order valence-corrected chi connectivity index (χ2v) is 3.29. The Hall–Kier alpha value is -1.23. The second kappa shape index (κ2) is 4.74. The Kier molecular flexibility index (Phi) is 3.80. The number of allylic oxidation sites excluding steroid dienone is 1. The molecule has 0 aliphatic heterocycles. The monoisotopic (exact) mass is 254 g/mol. The van der Waals surface area contributed by atoms with Crippen molar-refractivity contribution >= 4 is 17.2 Å². The predicted octanol–water partition coefficient (Wildman–Crippen LogP) is 4.19. The van der Waals surface area contributed by atoms with E-state index in [1.54, 1.807) is 0 Å². The topological polar surface area (TPSA) is 9.23 Å². The number of alkyl halides is 3. The summed E-state index contributed by atoms with van der Waals surface area (Å²) in [4.78, 5) is 0. The van der Waals surface area contributed by atoms with Crippen molar-refractivity contribution in [3.05, 3.63) is 40.9 Å². The summed E-state index contributed by atoms with van der Waals surface area (Å²) >= 11 is 5.52. The number of hydrogen-bond acceptors (Lipinski definition) is 1. The normalized spacial score (nSPS) is 13.4. The van der Waals surface area contributed by atoms with Crippen LogP contribution in [0.1, 0.15) is 5.56 Å². The van der Waals surface area contributed by atoms with E-state index < -0.39 is 17.8 Å². The molecular weight excluding hydrogens is 248 g/mol. The van der Waals surface area contributed by atoms with E-state index in [1.807, 2.05) is 0 Å². The van der Waals surface area contributed by atoms with Crippen LogP contribution < -0.4 is 0 Å². The van der Waals surface area contributed by atoms with Gasteiger partial charge in [-0.25, -0.2) is 0 Å². The predicted molar refractivity (Wildman–Crippen MR) is 52.5 cm³/mol. The molecule has 0 radical (unpaired) electrons. The molecule has 0 aliphatic carbocycles. The lowest BCUT2D eigenvalue weighted by molar-refractivity contribution is -0.0726. The molecule has 0 aromatic heterocycles. The van der Waals surface area contributed by atoms with Crippen molar-refractivity contribution in [3.8, 4) is 0 Å². The van der Waals surface area contributed by atoms with Crippen molar-refractivity contribution in [2.24, 2.45) is 0 Å². The summed E-state index contributed by atoms with van der Waals surface area (Å²) in [5.41, 5.74) is -1.79. The standard InChI is InChI=1S/C10H7ClF4O/c1-16-9(12)8(10(13,14)15)6-2-4-7(11)5-3-6/h2-5H,1H3/b9-8-. The number of ether oxygens (including phenoxy) is 1. The summed E-state index contributed by atoms with van der Waals surface area (Å²) in [5.74, 6) is 0. The lowest BCUT2D eigenvalue weighted by Gasteiger charge is -2.12. The molecule has 0 spiro atoms. The summed E-state index contributed by atoms with van der Waals surface area (Å²) in [7, 11) is 0.830. The maximum atomic E-state index is 13.0. The van der Waals surface area contributed by atoms with Gasteiger partial charge in [0.2, 0.25) is 0 Å². The van der Waals surface area contributed by atoms with E-state index >= 15 is 0 Å². The first-order valence-electron chi connectivity index (χ1n) is 4.13. The van der Waals surface area contributed by atoms with Gasteiger partial charge in [-0.15, -0.1) is 0 Å². The first-order valence-corrected chi connectivity index (χ1v) is 4.51. The van der Waals surface area contributed by atoms with Gasteiger partial charge in [0.1, 0.15) is 5.57 Å². The lowest BCUT2D eigenvalue weighted by atomic mass is 10.1. The average molecular weight is 255 g/mol. The minimum Gasteiger partial charge on any atom is -0.474 e. The minimum atomic E-state index is -4.83. The summed E-state index contributed by atoms with van der Waals surface area (Å²) in [6.07, 6.45) is -4.83. The summed E-state index contributed by atoms with van der Waals surface area (Å²) in [5, 5.41) is 0.267. The molecule has 0 amide bonds. The first-order chi connectivity index (χ1) is 7.36. The Balaban J connectivity index is 3.29. The molecule has 16 heavy (non-hydrogen) atoms. The van der Waals surface area contributed by atoms with Crippen LogP contribution in [0.3, 0.4) is 0 Å². The molecule has 0 fully saturated rings. The van der Waals surface area contributed by atoms with Crippen molar-refractivity contribution in [1.29, 1.82) is 0 Å². The number of methoxy groups -OCH3 is 1. The molecule has 0 bridgehead atoms. The van der Waals surface area contributed by atoms with Crippen LogP contribution >= 0.6 is 11.6 Å². The van der Waals surface area contributed by atoms with Gasteiger partial charge in [0.25, 0.3) is 6.01 Å². The second-order valence-electron chi connectivity index (χ2n) is 2.86. The van der Waals surface area contributed by atoms with E-state index in [9.17, 15) is 17.6 Å². The van der Waals surface area contributed by atoms with Gasteiger partial charge in [-0.3, -0.25) is 0 Å². The highest BCUT2D eigenvalue weighted by molar-refractivity contribution is 6.30. The third kappa shape index (κ3) is 2.88. The van der Waals surface area contributed by atoms with Gasteiger partial charge in [-0.05, 0) is 17.7 Å². The number of rotatable bonds is 2. The smallest absolute Gasteiger partial charge is 0.422 e. The van der Waals surface area contributed by atoms with Gasteiger partial charge < -0.3 is 4.74 Å².